The van der Waals surface area contributed by atoms with Crippen molar-refractivity contribution in [3.05, 3.63) is 29.3 Å². The number of nitrogens with zero attached hydrogens (tertiary/aromatic N) is 1. The topological polar surface area (TPSA) is 27.3 Å². The molecular weight excluding hydrogens is 266 g/mol. The van der Waals surface area contributed by atoms with Gasteiger partial charge in [-0.1, -0.05) is 17.7 Å². The van der Waals surface area contributed by atoms with Gasteiger partial charge in [-0.05, 0) is 76.6 Å². The minimum atomic E-state index is 0.721. The molecule has 1 aromatic rings. The Morgan fingerprint density at radius 1 is 1.25 bits per heavy atom. The highest BCUT2D eigenvalue weighted by Crippen LogP contribution is 2.15. The summed E-state index contributed by atoms with van der Waals surface area (Å²) in [4.78, 5) is 2.53. The van der Waals surface area contributed by atoms with Crippen molar-refractivity contribution in [2.75, 3.05) is 31.5 Å². The van der Waals surface area contributed by atoms with Gasteiger partial charge in [-0.25, -0.2) is 0 Å². The Morgan fingerprint density at radius 3 is 2.70 bits per heavy atom. The molecule has 0 spiro atoms. The van der Waals surface area contributed by atoms with E-state index in [1.165, 1.54) is 43.6 Å². The molecule has 0 unspecified atom stereocenters. The molecule has 1 aromatic carbocycles. The van der Waals surface area contributed by atoms with Crippen molar-refractivity contribution in [1.29, 1.82) is 0 Å². The van der Waals surface area contributed by atoms with E-state index in [1.807, 2.05) is 0 Å². The van der Waals surface area contributed by atoms with Gasteiger partial charge in [0.1, 0.15) is 0 Å². The Kier molecular flexibility index (Phi) is 5.80. The largest absolute Gasteiger partial charge is 0.362 e. The van der Waals surface area contributed by atoms with Gasteiger partial charge in [0.2, 0.25) is 0 Å². The van der Waals surface area contributed by atoms with Crippen LogP contribution in [0, 0.1) is 13.8 Å². The summed E-state index contributed by atoms with van der Waals surface area (Å²) >= 11 is 5.34. The van der Waals surface area contributed by atoms with Crippen LogP contribution in [0.1, 0.15) is 30.4 Å². The molecule has 0 aliphatic carbocycles. The van der Waals surface area contributed by atoms with Crippen LogP contribution in [0.4, 0.5) is 5.69 Å². The van der Waals surface area contributed by atoms with E-state index >= 15 is 0 Å². The fraction of sp³-hybridized carbons (Fsp3) is 0.562. The molecule has 1 aliphatic rings. The Morgan fingerprint density at radius 2 is 2.00 bits per heavy atom. The highest BCUT2D eigenvalue weighted by Gasteiger charge is 2.10. The van der Waals surface area contributed by atoms with Crippen molar-refractivity contribution in [2.24, 2.45) is 0 Å². The van der Waals surface area contributed by atoms with Crippen molar-refractivity contribution in [1.82, 2.24) is 10.2 Å². The number of rotatable bonds is 5. The maximum atomic E-state index is 5.34. The van der Waals surface area contributed by atoms with Gasteiger partial charge in [0, 0.05) is 12.2 Å². The summed E-state index contributed by atoms with van der Waals surface area (Å²) in [5.74, 6) is 0. The Balaban J connectivity index is 1.67. The summed E-state index contributed by atoms with van der Waals surface area (Å²) in [6.07, 6.45) is 3.87. The van der Waals surface area contributed by atoms with Crippen molar-refractivity contribution in [3.63, 3.8) is 0 Å². The SMILES string of the molecule is Cc1ccc(NC(=S)NCCCN2CCCC2)c(C)c1. The molecule has 0 bridgehead atoms. The number of thiocarbonyl (C=S) groups is 1. The molecule has 1 aliphatic heterocycles. The van der Waals surface area contributed by atoms with Crippen LogP contribution in [0.15, 0.2) is 18.2 Å². The molecule has 3 nitrogen and oxygen atoms in total. The highest BCUT2D eigenvalue weighted by atomic mass is 32.1. The molecule has 1 saturated heterocycles. The number of anilines is 1. The van der Waals surface area contributed by atoms with Crippen LogP contribution in [-0.2, 0) is 0 Å². The van der Waals surface area contributed by atoms with E-state index in [9.17, 15) is 0 Å². The number of hydrogen-bond acceptors (Lipinski definition) is 2. The quantitative estimate of drug-likeness (QED) is 0.644. The number of hydrogen-bond donors (Lipinski definition) is 2. The molecule has 110 valence electrons. The predicted molar refractivity (Wildman–Crippen MR) is 90.4 cm³/mol. The van der Waals surface area contributed by atoms with E-state index in [2.05, 4.69) is 47.6 Å². The average Bonchev–Trinajstić information content (AvgIpc) is 2.91. The van der Waals surface area contributed by atoms with Crippen LogP contribution >= 0.6 is 12.2 Å². The lowest BCUT2D eigenvalue weighted by molar-refractivity contribution is 0.334. The molecule has 0 saturated carbocycles. The summed E-state index contributed by atoms with van der Waals surface area (Å²) in [7, 11) is 0. The second-order valence-electron chi connectivity index (χ2n) is 5.60. The fourth-order valence-corrected chi connectivity index (χ4v) is 2.84. The van der Waals surface area contributed by atoms with E-state index in [1.54, 1.807) is 0 Å². The van der Waals surface area contributed by atoms with E-state index < -0.39 is 0 Å². The smallest absolute Gasteiger partial charge is 0.170 e. The van der Waals surface area contributed by atoms with Gasteiger partial charge in [0.05, 0.1) is 0 Å². The zero-order chi connectivity index (χ0) is 14.4. The van der Waals surface area contributed by atoms with E-state index in [0.29, 0.717) is 0 Å². The lowest BCUT2D eigenvalue weighted by atomic mass is 10.1. The van der Waals surface area contributed by atoms with Crippen LogP contribution < -0.4 is 10.6 Å². The lowest BCUT2D eigenvalue weighted by Crippen LogP contribution is -2.31. The number of benzene rings is 1. The Bertz CT molecular complexity index is 453. The third-order valence-electron chi connectivity index (χ3n) is 3.77. The average molecular weight is 291 g/mol. The molecule has 1 fully saturated rings. The number of aryl methyl sites for hydroxylation is 2. The minimum Gasteiger partial charge on any atom is -0.362 e. The van der Waals surface area contributed by atoms with E-state index in [4.69, 9.17) is 12.2 Å². The Labute approximate surface area is 127 Å². The first-order chi connectivity index (χ1) is 9.65. The second kappa shape index (κ2) is 7.60. The molecule has 0 atom stereocenters. The summed E-state index contributed by atoms with van der Waals surface area (Å²) in [5, 5.41) is 7.28. The summed E-state index contributed by atoms with van der Waals surface area (Å²) < 4.78 is 0. The van der Waals surface area contributed by atoms with E-state index in [0.717, 1.165) is 23.8 Å². The molecule has 2 rings (SSSR count). The van der Waals surface area contributed by atoms with Gasteiger partial charge in [-0.3, -0.25) is 0 Å². The standard InChI is InChI=1S/C16H25N3S/c1-13-6-7-15(14(2)12-13)18-16(20)17-8-5-11-19-9-3-4-10-19/h6-7,12H,3-5,8-11H2,1-2H3,(H2,17,18,20). The normalized spacial score (nSPS) is 15.3. The van der Waals surface area contributed by atoms with Crippen molar-refractivity contribution in [3.8, 4) is 0 Å². The monoisotopic (exact) mass is 291 g/mol. The maximum absolute atomic E-state index is 5.34. The number of likely N-dealkylation sites (tertiary alicyclic amines) is 1. The zero-order valence-corrected chi connectivity index (χ0v) is 13.4. The maximum Gasteiger partial charge on any atom is 0.170 e. The van der Waals surface area contributed by atoms with E-state index in [-0.39, 0.29) is 0 Å². The van der Waals surface area contributed by atoms with Crippen LogP contribution in [0.25, 0.3) is 0 Å². The molecule has 2 N–H and O–H groups in total. The fourth-order valence-electron chi connectivity index (χ4n) is 2.63. The molecule has 20 heavy (non-hydrogen) atoms. The summed E-state index contributed by atoms with van der Waals surface area (Å²) in [6, 6.07) is 6.35. The molecule has 0 aromatic heterocycles. The lowest BCUT2D eigenvalue weighted by Gasteiger charge is -2.16. The molecule has 1 heterocycles. The van der Waals surface area contributed by atoms with Crippen LogP contribution in [0.5, 0.6) is 0 Å². The first-order valence-electron chi connectivity index (χ1n) is 7.49. The number of nitrogens with one attached hydrogen (secondary N) is 2. The van der Waals surface area contributed by atoms with Crippen LogP contribution in [-0.4, -0.2) is 36.2 Å². The van der Waals surface area contributed by atoms with Gasteiger partial charge < -0.3 is 15.5 Å². The summed E-state index contributed by atoms with van der Waals surface area (Å²) in [6.45, 7) is 8.86. The minimum absolute atomic E-state index is 0.721. The Hall–Kier alpha value is -1.13. The first-order valence-corrected chi connectivity index (χ1v) is 7.90. The van der Waals surface area contributed by atoms with Gasteiger partial charge in [-0.2, -0.15) is 0 Å². The first kappa shape index (κ1) is 15.3. The highest BCUT2D eigenvalue weighted by molar-refractivity contribution is 7.80. The zero-order valence-electron chi connectivity index (χ0n) is 12.5. The summed E-state index contributed by atoms with van der Waals surface area (Å²) in [5.41, 5.74) is 3.59. The van der Waals surface area contributed by atoms with Crippen LogP contribution in [0.2, 0.25) is 0 Å². The second-order valence-corrected chi connectivity index (χ2v) is 6.01. The third-order valence-corrected chi connectivity index (χ3v) is 4.01. The van der Waals surface area contributed by atoms with Gasteiger partial charge >= 0.3 is 0 Å². The van der Waals surface area contributed by atoms with Gasteiger partial charge in [-0.15, -0.1) is 0 Å². The van der Waals surface area contributed by atoms with Gasteiger partial charge in [0.25, 0.3) is 0 Å². The predicted octanol–water partition coefficient (Wildman–Crippen LogP) is 3.08. The van der Waals surface area contributed by atoms with Gasteiger partial charge in [0.15, 0.2) is 5.11 Å². The van der Waals surface area contributed by atoms with Crippen molar-refractivity contribution in [2.45, 2.75) is 33.1 Å². The van der Waals surface area contributed by atoms with Crippen molar-refractivity contribution < 1.29 is 0 Å². The molecule has 0 amide bonds. The third kappa shape index (κ3) is 4.76. The molecule has 0 radical (unpaired) electrons. The molecular formula is C16H25N3S. The van der Waals surface area contributed by atoms with Crippen LogP contribution in [0.3, 0.4) is 0 Å². The van der Waals surface area contributed by atoms with Crippen molar-refractivity contribution >= 4 is 23.0 Å². The molecule has 4 heteroatoms.